The van der Waals surface area contributed by atoms with Gasteiger partial charge in [0.15, 0.2) is 0 Å². The van der Waals surface area contributed by atoms with Crippen molar-refractivity contribution in [1.82, 2.24) is 9.13 Å². The highest BCUT2D eigenvalue weighted by Gasteiger charge is 2.20. The van der Waals surface area contributed by atoms with Gasteiger partial charge in [-0.15, -0.1) is 0 Å². The molecule has 0 fully saturated rings. The number of rotatable bonds is 8. The Labute approximate surface area is 366 Å². The Morgan fingerprint density at radius 1 is 0.254 bits per heavy atom. The molecule has 0 unspecified atom stereocenters. The van der Waals surface area contributed by atoms with Crippen LogP contribution in [0.4, 0.5) is 17.1 Å². The summed E-state index contributed by atoms with van der Waals surface area (Å²) < 4.78 is 4.80. The highest BCUT2D eigenvalue weighted by molar-refractivity contribution is 6.14. The topological polar surface area (TPSA) is 13.1 Å². The third-order valence-corrected chi connectivity index (χ3v) is 12.5. The number of benzene rings is 10. The van der Waals surface area contributed by atoms with E-state index in [0.717, 1.165) is 34.0 Å². The summed E-state index contributed by atoms with van der Waals surface area (Å²) in [5.41, 5.74) is 17.4. The average molecular weight is 804 g/mol. The fourth-order valence-electron chi connectivity index (χ4n) is 9.70. The van der Waals surface area contributed by atoms with Gasteiger partial charge in [-0.05, 0) is 107 Å². The molecule has 0 N–H and O–H groups in total. The lowest BCUT2D eigenvalue weighted by Crippen LogP contribution is -2.10. The molecule has 63 heavy (non-hydrogen) atoms. The van der Waals surface area contributed by atoms with Crippen LogP contribution in [-0.2, 0) is 0 Å². The summed E-state index contributed by atoms with van der Waals surface area (Å²) in [6, 6.07) is 90.0. The molecule has 0 saturated heterocycles. The molecular weight excluding hydrogens is 763 g/mol. The standard InChI is InChI=1S/C60H41N3/c1-3-17-42(18-4-1)50-23-7-8-24-51(50)43-33-35-46(36-34-43)61(47-37-39-48(40-38-47)62-57-30-12-9-25-53(57)54-26-10-13-31-58(54)62)49-22-15-19-44(41-49)52-28-16-29-56-55-27-11-14-32-59(55)63(60(52)56)45-20-5-2-6-21-45/h1-41H. The van der Waals surface area contributed by atoms with Crippen LogP contribution in [0.2, 0.25) is 0 Å². The van der Waals surface area contributed by atoms with Gasteiger partial charge in [-0.25, -0.2) is 0 Å². The van der Waals surface area contributed by atoms with Crippen LogP contribution < -0.4 is 4.90 Å². The minimum absolute atomic E-state index is 1.07. The van der Waals surface area contributed by atoms with Crippen LogP contribution in [0.1, 0.15) is 0 Å². The first-order valence-corrected chi connectivity index (χ1v) is 21.6. The van der Waals surface area contributed by atoms with Gasteiger partial charge in [-0.1, -0.05) is 170 Å². The molecule has 0 atom stereocenters. The minimum Gasteiger partial charge on any atom is -0.310 e. The van der Waals surface area contributed by atoms with Crippen molar-refractivity contribution >= 4 is 60.7 Å². The summed E-state index contributed by atoms with van der Waals surface area (Å²) >= 11 is 0. The number of anilines is 3. The van der Waals surface area contributed by atoms with E-state index in [1.165, 1.54) is 71.4 Å². The first kappa shape index (κ1) is 36.5. The van der Waals surface area contributed by atoms with Crippen LogP contribution in [0.15, 0.2) is 249 Å². The molecule has 0 aliphatic heterocycles. The molecule has 12 rings (SSSR count). The molecule has 0 spiro atoms. The Kier molecular flexibility index (Phi) is 8.83. The van der Waals surface area contributed by atoms with E-state index in [-0.39, 0.29) is 0 Å². The third-order valence-electron chi connectivity index (χ3n) is 12.5. The second-order valence-corrected chi connectivity index (χ2v) is 16.1. The van der Waals surface area contributed by atoms with Crippen LogP contribution in [0.3, 0.4) is 0 Å². The van der Waals surface area contributed by atoms with Gasteiger partial charge in [0.2, 0.25) is 0 Å². The predicted octanol–water partition coefficient (Wildman–Crippen LogP) is 16.4. The second kappa shape index (κ2) is 15.3. The van der Waals surface area contributed by atoms with Gasteiger partial charge in [-0.2, -0.15) is 0 Å². The van der Waals surface area contributed by atoms with Crippen molar-refractivity contribution in [3.8, 4) is 44.8 Å². The normalized spacial score (nSPS) is 11.5. The molecule has 12 aromatic rings. The largest absolute Gasteiger partial charge is 0.310 e. The lowest BCUT2D eigenvalue weighted by Gasteiger charge is -2.27. The Bertz CT molecular complexity index is 3550. The Morgan fingerprint density at radius 3 is 1.32 bits per heavy atom. The van der Waals surface area contributed by atoms with E-state index >= 15 is 0 Å². The molecule has 0 saturated carbocycles. The predicted molar refractivity (Wildman–Crippen MR) is 266 cm³/mol. The highest BCUT2D eigenvalue weighted by atomic mass is 15.1. The molecule has 0 amide bonds. The maximum absolute atomic E-state index is 2.42. The molecule has 296 valence electrons. The fourth-order valence-corrected chi connectivity index (χ4v) is 9.70. The van der Waals surface area contributed by atoms with Gasteiger partial charge < -0.3 is 14.0 Å². The molecular formula is C60H41N3. The lowest BCUT2D eigenvalue weighted by molar-refractivity contribution is 1.17. The molecule has 0 bridgehead atoms. The molecule has 2 aromatic heterocycles. The number of fused-ring (bicyclic) bond motifs is 6. The van der Waals surface area contributed by atoms with Crippen LogP contribution in [0.25, 0.3) is 88.4 Å². The SMILES string of the molecule is c1ccc(-c2ccccc2-c2ccc(N(c3ccc(-n4c5ccccc5c5ccccc54)cc3)c3cccc(-c4cccc5c6ccccc6n(-c6ccccc6)c45)c3)cc2)cc1. The molecule has 3 nitrogen and oxygen atoms in total. The van der Waals surface area contributed by atoms with Gasteiger partial charge >= 0.3 is 0 Å². The van der Waals surface area contributed by atoms with Crippen LogP contribution in [-0.4, -0.2) is 9.13 Å². The first-order valence-electron chi connectivity index (χ1n) is 21.6. The van der Waals surface area contributed by atoms with Crippen LogP contribution in [0.5, 0.6) is 0 Å². The molecule has 3 heteroatoms. The molecule has 2 heterocycles. The van der Waals surface area contributed by atoms with E-state index in [1.807, 2.05) is 0 Å². The van der Waals surface area contributed by atoms with Gasteiger partial charge in [0.25, 0.3) is 0 Å². The van der Waals surface area contributed by atoms with Crippen molar-refractivity contribution in [2.24, 2.45) is 0 Å². The monoisotopic (exact) mass is 803 g/mol. The molecule has 0 aliphatic rings. The maximum atomic E-state index is 2.42. The molecule has 0 aliphatic carbocycles. The quantitative estimate of drug-likeness (QED) is 0.149. The maximum Gasteiger partial charge on any atom is 0.0619 e. The number of hydrogen-bond acceptors (Lipinski definition) is 1. The molecule has 0 radical (unpaired) electrons. The zero-order chi connectivity index (χ0) is 41.7. The fraction of sp³-hybridized carbons (Fsp3) is 0. The summed E-state index contributed by atoms with van der Waals surface area (Å²) in [6.07, 6.45) is 0. The lowest BCUT2D eigenvalue weighted by atomic mass is 9.94. The van der Waals surface area contributed by atoms with E-state index in [4.69, 9.17) is 0 Å². The van der Waals surface area contributed by atoms with E-state index in [1.54, 1.807) is 0 Å². The Morgan fingerprint density at radius 2 is 0.683 bits per heavy atom. The summed E-state index contributed by atoms with van der Waals surface area (Å²) in [5, 5.41) is 4.99. The van der Waals surface area contributed by atoms with Crippen molar-refractivity contribution in [2.75, 3.05) is 4.90 Å². The summed E-state index contributed by atoms with van der Waals surface area (Å²) in [6.45, 7) is 0. The van der Waals surface area contributed by atoms with Crippen molar-refractivity contribution in [3.63, 3.8) is 0 Å². The van der Waals surface area contributed by atoms with E-state index < -0.39 is 0 Å². The van der Waals surface area contributed by atoms with Crippen molar-refractivity contribution in [1.29, 1.82) is 0 Å². The van der Waals surface area contributed by atoms with Crippen molar-refractivity contribution in [2.45, 2.75) is 0 Å². The number of aromatic nitrogens is 2. The van der Waals surface area contributed by atoms with Gasteiger partial charge in [-0.3, -0.25) is 0 Å². The van der Waals surface area contributed by atoms with E-state index in [9.17, 15) is 0 Å². The Hall–Kier alpha value is -8.40. The molecule has 10 aromatic carbocycles. The van der Waals surface area contributed by atoms with Crippen LogP contribution in [0, 0.1) is 0 Å². The summed E-state index contributed by atoms with van der Waals surface area (Å²) in [7, 11) is 0. The Balaban J connectivity index is 1.02. The van der Waals surface area contributed by atoms with Crippen molar-refractivity contribution in [3.05, 3.63) is 249 Å². The van der Waals surface area contributed by atoms with Gasteiger partial charge in [0.05, 0.1) is 22.1 Å². The van der Waals surface area contributed by atoms with E-state index in [2.05, 4.69) is 263 Å². The van der Waals surface area contributed by atoms with Crippen LogP contribution >= 0.6 is 0 Å². The zero-order valence-electron chi connectivity index (χ0n) is 34.5. The van der Waals surface area contributed by atoms with Gasteiger partial charge in [0.1, 0.15) is 0 Å². The third kappa shape index (κ3) is 6.21. The number of hydrogen-bond donors (Lipinski definition) is 0. The smallest absolute Gasteiger partial charge is 0.0619 e. The minimum atomic E-state index is 1.07. The zero-order valence-corrected chi connectivity index (χ0v) is 34.5. The highest BCUT2D eigenvalue weighted by Crippen LogP contribution is 2.43. The van der Waals surface area contributed by atoms with E-state index in [0.29, 0.717) is 0 Å². The van der Waals surface area contributed by atoms with Gasteiger partial charge in [0, 0.05) is 55.5 Å². The number of para-hydroxylation sites is 5. The van der Waals surface area contributed by atoms with Crippen molar-refractivity contribution < 1.29 is 0 Å². The average Bonchev–Trinajstić information content (AvgIpc) is 3.89. The summed E-state index contributed by atoms with van der Waals surface area (Å²) in [5.74, 6) is 0. The summed E-state index contributed by atoms with van der Waals surface area (Å²) in [4.78, 5) is 2.39. The number of nitrogens with zero attached hydrogens (tertiary/aromatic N) is 3. The first-order chi connectivity index (χ1) is 31.3. The second-order valence-electron chi connectivity index (χ2n) is 16.1.